The van der Waals surface area contributed by atoms with Crippen LogP contribution in [-0.4, -0.2) is 43.4 Å². The van der Waals surface area contributed by atoms with Crippen molar-refractivity contribution in [1.82, 2.24) is 5.32 Å². The largest absolute Gasteiger partial charge is 0.378 e. The molecular weight excluding hydrogens is 560 g/mol. The molecule has 0 bridgehead atoms. The molecule has 0 saturated heterocycles. The Bertz CT molecular complexity index is 1620. The number of Topliss-reactive ketones (excluding diaryl/α,β-unsaturated/α-hetero) is 1. The summed E-state index contributed by atoms with van der Waals surface area (Å²) in [5.41, 5.74) is 4.02. The van der Waals surface area contributed by atoms with Gasteiger partial charge in [-0.15, -0.1) is 11.8 Å². The van der Waals surface area contributed by atoms with E-state index in [1.807, 2.05) is 49.3 Å². The zero-order chi connectivity index (χ0) is 30.8. The van der Waals surface area contributed by atoms with Gasteiger partial charge >= 0.3 is 0 Å². The van der Waals surface area contributed by atoms with Crippen molar-refractivity contribution in [3.8, 4) is 0 Å². The van der Waals surface area contributed by atoms with Crippen LogP contribution in [0.25, 0.3) is 6.08 Å². The van der Waals surface area contributed by atoms with Gasteiger partial charge in [-0.25, -0.2) is 0 Å². The van der Waals surface area contributed by atoms with Gasteiger partial charge < -0.3 is 20.9 Å². The van der Waals surface area contributed by atoms with Crippen LogP contribution < -0.4 is 20.9 Å². The summed E-state index contributed by atoms with van der Waals surface area (Å²) in [5.74, 6) is -0.901. The summed E-state index contributed by atoms with van der Waals surface area (Å²) in [7, 11) is 3.89. The predicted molar refractivity (Wildman–Crippen MR) is 174 cm³/mol. The first kappa shape index (κ1) is 30.8. The summed E-state index contributed by atoms with van der Waals surface area (Å²) in [4.78, 5) is 52.8. The Kier molecular flexibility index (Phi) is 10.5. The van der Waals surface area contributed by atoms with E-state index in [-0.39, 0.29) is 23.1 Å². The maximum Gasteiger partial charge on any atom is 0.272 e. The topological polar surface area (TPSA) is 108 Å². The van der Waals surface area contributed by atoms with E-state index >= 15 is 0 Å². The minimum atomic E-state index is -0.475. The van der Waals surface area contributed by atoms with Crippen molar-refractivity contribution < 1.29 is 19.2 Å². The fourth-order valence-electron chi connectivity index (χ4n) is 3.94. The Balaban J connectivity index is 1.39. The Morgan fingerprint density at radius 1 is 0.721 bits per heavy atom. The van der Waals surface area contributed by atoms with Crippen LogP contribution in [0.1, 0.15) is 33.2 Å². The number of benzene rings is 4. The third-order valence-electron chi connectivity index (χ3n) is 6.31. The average Bonchev–Trinajstić information content (AvgIpc) is 3.01. The van der Waals surface area contributed by atoms with Gasteiger partial charge in [0.25, 0.3) is 11.8 Å². The molecule has 0 saturated carbocycles. The highest BCUT2D eigenvalue weighted by Gasteiger charge is 2.15. The molecule has 0 aliphatic heterocycles. The van der Waals surface area contributed by atoms with Crippen LogP contribution in [0, 0.1) is 0 Å². The van der Waals surface area contributed by atoms with Crippen LogP contribution in [0.2, 0.25) is 0 Å². The summed E-state index contributed by atoms with van der Waals surface area (Å²) < 4.78 is 0. The third-order valence-corrected chi connectivity index (χ3v) is 7.32. The molecule has 3 amide bonds. The summed E-state index contributed by atoms with van der Waals surface area (Å²) in [6.45, 7) is 1.49. The number of nitrogens with one attached hydrogen (secondary N) is 3. The molecule has 4 aromatic rings. The van der Waals surface area contributed by atoms with E-state index in [1.54, 1.807) is 78.9 Å². The van der Waals surface area contributed by atoms with Gasteiger partial charge in [0.2, 0.25) is 5.91 Å². The van der Waals surface area contributed by atoms with Crippen LogP contribution in [0.4, 0.5) is 17.1 Å². The van der Waals surface area contributed by atoms with Crippen LogP contribution >= 0.6 is 11.8 Å². The van der Waals surface area contributed by atoms with E-state index in [1.165, 1.54) is 18.7 Å². The first-order valence-corrected chi connectivity index (χ1v) is 14.5. The van der Waals surface area contributed by atoms with Gasteiger partial charge in [-0.05, 0) is 91.4 Å². The number of carbonyl (C=O) groups is 4. The maximum atomic E-state index is 13.3. The number of carbonyl (C=O) groups excluding carboxylic acids is 4. The van der Waals surface area contributed by atoms with Gasteiger partial charge in [-0.3, -0.25) is 19.2 Å². The smallest absolute Gasteiger partial charge is 0.272 e. The monoisotopic (exact) mass is 592 g/mol. The van der Waals surface area contributed by atoms with Crippen molar-refractivity contribution in [2.45, 2.75) is 11.8 Å². The molecule has 4 aromatic carbocycles. The van der Waals surface area contributed by atoms with E-state index in [4.69, 9.17) is 0 Å². The molecule has 9 heteroatoms. The second-order valence-corrected chi connectivity index (χ2v) is 10.9. The van der Waals surface area contributed by atoms with Crippen molar-refractivity contribution in [2.24, 2.45) is 0 Å². The molecule has 0 aliphatic rings. The van der Waals surface area contributed by atoms with E-state index in [9.17, 15) is 19.2 Å². The van der Waals surface area contributed by atoms with Crippen molar-refractivity contribution in [1.29, 1.82) is 0 Å². The molecule has 0 aliphatic carbocycles. The Labute approximate surface area is 255 Å². The van der Waals surface area contributed by atoms with Crippen molar-refractivity contribution >= 4 is 58.4 Å². The molecule has 8 nitrogen and oxygen atoms in total. The maximum absolute atomic E-state index is 13.3. The number of ketones is 1. The summed E-state index contributed by atoms with van der Waals surface area (Å²) in [5, 5.41) is 8.40. The molecular formula is C34H32N4O4S. The Morgan fingerprint density at radius 2 is 1.33 bits per heavy atom. The normalized spacial score (nSPS) is 10.9. The number of hydrogen-bond acceptors (Lipinski definition) is 6. The number of nitrogens with zero attached hydrogens (tertiary/aromatic N) is 1. The van der Waals surface area contributed by atoms with Crippen LogP contribution in [0.15, 0.2) is 114 Å². The molecule has 0 heterocycles. The second kappa shape index (κ2) is 14.7. The number of thioether (sulfide) groups is 1. The molecule has 0 radical (unpaired) electrons. The Hall–Kier alpha value is -5.15. The van der Waals surface area contributed by atoms with Crippen molar-refractivity contribution in [3.63, 3.8) is 0 Å². The lowest BCUT2D eigenvalue weighted by Gasteiger charge is -2.13. The molecule has 0 unspecified atom stereocenters. The lowest BCUT2D eigenvalue weighted by molar-refractivity contribution is -0.114. The molecule has 0 atom stereocenters. The van der Waals surface area contributed by atoms with E-state index in [0.717, 1.165) is 16.1 Å². The molecule has 0 aromatic heterocycles. The second-order valence-electron chi connectivity index (χ2n) is 9.81. The van der Waals surface area contributed by atoms with E-state index < -0.39 is 11.8 Å². The van der Waals surface area contributed by atoms with E-state index in [0.29, 0.717) is 22.5 Å². The summed E-state index contributed by atoms with van der Waals surface area (Å²) in [6.07, 6.45) is 1.63. The number of rotatable bonds is 11. The van der Waals surface area contributed by atoms with Crippen molar-refractivity contribution in [3.05, 3.63) is 126 Å². The molecule has 3 N–H and O–H groups in total. The Morgan fingerprint density at radius 3 is 1.93 bits per heavy atom. The van der Waals surface area contributed by atoms with Gasteiger partial charge in [0.05, 0.1) is 5.75 Å². The zero-order valence-electron chi connectivity index (χ0n) is 24.1. The van der Waals surface area contributed by atoms with Gasteiger partial charge in [-0.2, -0.15) is 0 Å². The molecule has 0 spiro atoms. The minimum Gasteiger partial charge on any atom is -0.378 e. The van der Waals surface area contributed by atoms with Gasteiger partial charge in [-0.1, -0.05) is 30.3 Å². The highest BCUT2D eigenvalue weighted by atomic mass is 32.2. The molecule has 0 fully saturated rings. The van der Waals surface area contributed by atoms with Crippen LogP contribution in [0.3, 0.4) is 0 Å². The quantitative estimate of drug-likeness (QED) is 0.110. The molecule has 4 rings (SSSR count). The molecule has 43 heavy (non-hydrogen) atoms. The average molecular weight is 593 g/mol. The fourth-order valence-corrected chi connectivity index (χ4v) is 4.64. The zero-order valence-corrected chi connectivity index (χ0v) is 24.9. The summed E-state index contributed by atoms with van der Waals surface area (Å²) >= 11 is 1.35. The number of amides is 3. The van der Waals surface area contributed by atoms with Gasteiger partial charge in [0.1, 0.15) is 5.70 Å². The lowest BCUT2D eigenvalue weighted by atomic mass is 10.1. The number of anilines is 3. The third kappa shape index (κ3) is 9.17. The lowest BCUT2D eigenvalue weighted by Crippen LogP contribution is -2.30. The van der Waals surface area contributed by atoms with Crippen LogP contribution in [0.5, 0.6) is 0 Å². The highest BCUT2D eigenvalue weighted by Crippen LogP contribution is 2.22. The molecule has 218 valence electrons. The summed E-state index contributed by atoms with van der Waals surface area (Å²) in [6, 6.07) is 30.1. The fraction of sp³-hybridized carbons (Fsp3) is 0.118. The van der Waals surface area contributed by atoms with Crippen molar-refractivity contribution in [2.75, 3.05) is 35.4 Å². The minimum absolute atomic E-state index is 0.0350. The van der Waals surface area contributed by atoms with Gasteiger partial charge in [0, 0.05) is 47.2 Å². The first-order valence-electron chi connectivity index (χ1n) is 13.5. The number of hydrogen-bond donors (Lipinski definition) is 3. The van der Waals surface area contributed by atoms with Gasteiger partial charge in [0.15, 0.2) is 5.78 Å². The van der Waals surface area contributed by atoms with Crippen LogP contribution in [-0.2, 0) is 9.59 Å². The standard InChI is InChI=1S/C34H32N4O4S/c1-23(39)25-11-13-27(14-12-25)35-32(40)22-43-30-19-15-28(16-20-30)36-34(42)31(37-33(41)26-7-5-4-6-8-26)21-24-9-17-29(18-10-24)38(2)3/h4-21H,22H2,1-3H3,(H,35,40)(H,36,42)(H,37,41)/b31-21-. The predicted octanol–water partition coefficient (Wildman–Crippen LogP) is 6.10. The first-order chi connectivity index (χ1) is 20.7. The SMILES string of the molecule is CC(=O)c1ccc(NC(=O)CSc2ccc(NC(=O)/C(=C/c3ccc(N(C)C)cc3)NC(=O)c3ccccc3)cc2)cc1. The van der Waals surface area contributed by atoms with E-state index in [2.05, 4.69) is 16.0 Å². The highest BCUT2D eigenvalue weighted by molar-refractivity contribution is 8.00.